The molecule has 2 amide bonds. The number of amides is 2. The molecule has 0 fully saturated rings. The van der Waals surface area contributed by atoms with Gasteiger partial charge in [0, 0.05) is 19.7 Å². The zero-order valence-corrected chi connectivity index (χ0v) is 22.5. The number of hydrogen-bond donors (Lipinski definition) is 1. The third-order valence-corrected chi connectivity index (χ3v) is 7.17. The number of carbonyl (C=O) groups excluding carboxylic acids is 2. The van der Waals surface area contributed by atoms with Gasteiger partial charge in [0.1, 0.15) is 24.1 Å². The topological polar surface area (TPSA) is 105 Å². The molecule has 0 aliphatic rings. The molecular weight excluding hydrogens is 517 g/mol. The molecule has 0 aliphatic carbocycles. The van der Waals surface area contributed by atoms with Crippen LogP contribution in [-0.4, -0.2) is 65.2 Å². The molecular formula is C23H29Cl2N3O6S. The monoisotopic (exact) mass is 545 g/mol. The van der Waals surface area contributed by atoms with E-state index < -0.39 is 28.5 Å². The number of anilines is 1. The maximum Gasteiger partial charge on any atom is 0.244 e. The van der Waals surface area contributed by atoms with Gasteiger partial charge in [-0.2, -0.15) is 0 Å². The van der Waals surface area contributed by atoms with E-state index in [-0.39, 0.29) is 23.9 Å². The molecule has 1 atom stereocenters. The number of carbonyl (C=O) groups is 2. The van der Waals surface area contributed by atoms with Gasteiger partial charge in [0.05, 0.1) is 36.2 Å². The molecule has 12 heteroatoms. The largest absolute Gasteiger partial charge is 0.497 e. The number of methoxy groups -OCH3 is 2. The Morgan fingerprint density at radius 2 is 1.74 bits per heavy atom. The number of hydrogen-bond acceptors (Lipinski definition) is 6. The fraction of sp³-hybridized carbons (Fsp3) is 0.391. The van der Waals surface area contributed by atoms with Crippen LogP contribution in [0.5, 0.6) is 11.5 Å². The third-order valence-electron chi connectivity index (χ3n) is 5.30. The predicted molar refractivity (Wildman–Crippen MR) is 137 cm³/mol. The lowest BCUT2D eigenvalue weighted by molar-refractivity contribution is -0.140. The Morgan fingerprint density at radius 1 is 1.06 bits per heavy atom. The normalized spacial score (nSPS) is 12.0. The molecule has 0 bridgehead atoms. The molecule has 0 heterocycles. The summed E-state index contributed by atoms with van der Waals surface area (Å²) >= 11 is 12.1. The highest BCUT2D eigenvalue weighted by atomic mass is 35.5. The van der Waals surface area contributed by atoms with Gasteiger partial charge in [-0.15, -0.1) is 0 Å². The number of ether oxygens (including phenoxy) is 2. The SMILES string of the molecule is CC[C@H](C(=O)NC)N(Cc1ccc(Cl)c(Cl)c1)C(=O)CN(c1ccc(OC)cc1OC)S(C)(=O)=O. The average Bonchev–Trinajstić information content (AvgIpc) is 2.83. The molecule has 9 nitrogen and oxygen atoms in total. The van der Waals surface area contributed by atoms with Gasteiger partial charge < -0.3 is 19.7 Å². The molecule has 2 aromatic carbocycles. The minimum Gasteiger partial charge on any atom is -0.497 e. The van der Waals surface area contributed by atoms with E-state index in [0.29, 0.717) is 27.8 Å². The van der Waals surface area contributed by atoms with E-state index in [1.165, 1.54) is 38.3 Å². The van der Waals surface area contributed by atoms with Gasteiger partial charge >= 0.3 is 0 Å². The fourth-order valence-corrected chi connectivity index (χ4v) is 4.68. The molecule has 0 radical (unpaired) electrons. The van der Waals surface area contributed by atoms with Crippen LogP contribution in [0.1, 0.15) is 18.9 Å². The summed E-state index contributed by atoms with van der Waals surface area (Å²) in [4.78, 5) is 27.5. The maximum absolute atomic E-state index is 13.6. The van der Waals surface area contributed by atoms with Gasteiger partial charge in [0.25, 0.3) is 0 Å². The van der Waals surface area contributed by atoms with Crippen molar-refractivity contribution in [3.05, 3.63) is 52.0 Å². The standard InChI is InChI=1S/C23H29Cl2N3O6S/c1-6-19(23(30)26-2)27(13-15-7-9-17(24)18(25)11-15)22(29)14-28(35(5,31)32)20-10-8-16(33-3)12-21(20)34-4/h7-12,19H,6,13-14H2,1-5H3,(H,26,30)/t19-/m1/s1. The summed E-state index contributed by atoms with van der Waals surface area (Å²) < 4.78 is 36.9. The molecule has 0 aromatic heterocycles. The molecule has 0 saturated heterocycles. The lowest BCUT2D eigenvalue weighted by Gasteiger charge is -2.33. The maximum atomic E-state index is 13.6. The van der Waals surface area contributed by atoms with Gasteiger partial charge in [-0.3, -0.25) is 13.9 Å². The summed E-state index contributed by atoms with van der Waals surface area (Å²) in [6, 6.07) is 8.60. The first-order chi connectivity index (χ1) is 16.5. The van der Waals surface area contributed by atoms with Crippen molar-refractivity contribution in [1.82, 2.24) is 10.2 Å². The predicted octanol–water partition coefficient (Wildman–Crippen LogP) is 3.33. The first kappa shape index (κ1) is 28.5. The number of rotatable bonds is 11. The molecule has 2 rings (SSSR count). The van der Waals surface area contributed by atoms with Crippen LogP contribution < -0.4 is 19.1 Å². The van der Waals surface area contributed by atoms with Crippen LogP contribution >= 0.6 is 23.2 Å². The van der Waals surface area contributed by atoms with Crippen LogP contribution in [0.15, 0.2) is 36.4 Å². The van der Waals surface area contributed by atoms with Crippen LogP contribution in [0.2, 0.25) is 10.0 Å². The van der Waals surface area contributed by atoms with Crippen molar-refractivity contribution in [2.75, 3.05) is 38.4 Å². The van der Waals surface area contributed by atoms with Crippen LogP contribution in [0, 0.1) is 0 Å². The number of nitrogens with one attached hydrogen (secondary N) is 1. The third kappa shape index (κ3) is 7.16. The first-order valence-electron chi connectivity index (χ1n) is 10.6. The molecule has 192 valence electrons. The van der Waals surface area contributed by atoms with E-state index in [4.69, 9.17) is 32.7 Å². The Balaban J connectivity index is 2.51. The van der Waals surface area contributed by atoms with E-state index in [1.807, 2.05) is 0 Å². The molecule has 2 aromatic rings. The quantitative estimate of drug-likeness (QED) is 0.464. The lowest BCUT2D eigenvalue weighted by Crippen LogP contribution is -2.51. The van der Waals surface area contributed by atoms with Gasteiger partial charge in [-0.1, -0.05) is 36.2 Å². The minimum atomic E-state index is -3.92. The zero-order valence-electron chi connectivity index (χ0n) is 20.2. The van der Waals surface area contributed by atoms with E-state index >= 15 is 0 Å². The molecule has 0 spiro atoms. The highest BCUT2D eigenvalue weighted by Gasteiger charge is 2.32. The summed E-state index contributed by atoms with van der Waals surface area (Å²) in [5.41, 5.74) is 0.787. The van der Waals surface area contributed by atoms with Crippen molar-refractivity contribution in [3.8, 4) is 11.5 Å². The van der Waals surface area contributed by atoms with E-state index in [9.17, 15) is 18.0 Å². The second-order valence-corrected chi connectivity index (χ2v) is 10.3. The summed E-state index contributed by atoms with van der Waals surface area (Å²) in [7, 11) is 0.408. The fourth-order valence-electron chi connectivity index (χ4n) is 3.51. The van der Waals surface area contributed by atoms with Crippen molar-refractivity contribution in [2.24, 2.45) is 0 Å². The summed E-state index contributed by atoms with van der Waals surface area (Å²) in [6.45, 7) is 1.21. The Kier molecular flexibility index (Phi) is 10.1. The van der Waals surface area contributed by atoms with Gasteiger partial charge in [0.15, 0.2) is 0 Å². The van der Waals surface area contributed by atoms with Crippen molar-refractivity contribution >= 4 is 50.7 Å². The van der Waals surface area contributed by atoms with Gasteiger partial charge in [-0.25, -0.2) is 8.42 Å². The first-order valence-corrected chi connectivity index (χ1v) is 13.2. The van der Waals surface area contributed by atoms with E-state index in [2.05, 4.69) is 5.32 Å². The Bertz CT molecular complexity index is 1180. The molecule has 1 N–H and O–H groups in total. The molecule has 0 saturated carbocycles. The van der Waals surface area contributed by atoms with Crippen LogP contribution in [0.4, 0.5) is 5.69 Å². The van der Waals surface area contributed by atoms with Crippen molar-refractivity contribution in [2.45, 2.75) is 25.9 Å². The smallest absolute Gasteiger partial charge is 0.244 e. The number of halogens is 2. The second kappa shape index (κ2) is 12.3. The average molecular weight is 546 g/mol. The highest BCUT2D eigenvalue weighted by Crippen LogP contribution is 2.34. The number of sulfonamides is 1. The van der Waals surface area contributed by atoms with Crippen molar-refractivity contribution in [3.63, 3.8) is 0 Å². The minimum absolute atomic E-state index is 0.0129. The van der Waals surface area contributed by atoms with Crippen LogP contribution in [0.3, 0.4) is 0 Å². The molecule has 35 heavy (non-hydrogen) atoms. The Labute approximate surface area is 215 Å². The summed E-state index contributed by atoms with van der Waals surface area (Å²) in [5.74, 6) is -0.308. The highest BCUT2D eigenvalue weighted by molar-refractivity contribution is 7.92. The zero-order chi connectivity index (χ0) is 26.3. The van der Waals surface area contributed by atoms with Crippen molar-refractivity contribution in [1.29, 1.82) is 0 Å². The Hall–Kier alpha value is -2.69. The molecule has 0 unspecified atom stereocenters. The Morgan fingerprint density at radius 3 is 2.26 bits per heavy atom. The van der Waals surface area contributed by atoms with E-state index in [1.54, 1.807) is 31.2 Å². The summed E-state index contributed by atoms with van der Waals surface area (Å²) in [5, 5.41) is 3.20. The van der Waals surface area contributed by atoms with Gasteiger partial charge in [0.2, 0.25) is 21.8 Å². The van der Waals surface area contributed by atoms with Crippen molar-refractivity contribution < 1.29 is 27.5 Å². The number of likely N-dealkylation sites (N-methyl/N-ethyl adjacent to an activating group) is 1. The van der Waals surface area contributed by atoms with E-state index in [0.717, 1.165) is 10.6 Å². The number of benzene rings is 2. The van der Waals surface area contributed by atoms with Crippen LogP contribution in [-0.2, 0) is 26.2 Å². The van der Waals surface area contributed by atoms with Crippen LogP contribution in [0.25, 0.3) is 0 Å². The second-order valence-electron chi connectivity index (χ2n) is 7.62. The van der Waals surface area contributed by atoms with Gasteiger partial charge in [-0.05, 0) is 36.2 Å². The number of nitrogens with zero attached hydrogens (tertiary/aromatic N) is 2. The lowest BCUT2D eigenvalue weighted by atomic mass is 10.1. The summed E-state index contributed by atoms with van der Waals surface area (Å²) in [6.07, 6.45) is 1.29. The molecule has 0 aliphatic heterocycles.